The maximum absolute atomic E-state index is 2.37. The highest BCUT2D eigenvalue weighted by atomic mass is 15.0. The van der Waals surface area contributed by atoms with E-state index in [1.165, 1.54) is 55.3 Å². The molecule has 0 saturated heterocycles. The second kappa shape index (κ2) is 7.55. The monoisotopic (exact) mass is 409 g/mol. The number of para-hydroxylation sites is 2. The van der Waals surface area contributed by atoms with Crippen LogP contribution in [0.15, 0.2) is 121 Å². The first kappa shape index (κ1) is 18.7. The van der Waals surface area contributed by atoms with Crippen molar-refractivity contribution in [2.24, 2.45) is 0 Å². The lowest BCUT2D eigenvalue weighted by molar-refractivity contribution is 1.18. The van der Waals surface area contributed by atoms with Crippen molar-refractivity contribution in [2.75, 3.05) is 0 Å². The number of aromatic nitrogens is 1. The Morgan fingerprint density at radius 1 is 0.438 bits per heavy atom. The van der Waals surface area contributed by atoms with Crippen molar-refractivity contribution in [1.29, 1.82) is 0 Å². The van der Waals surface area contributed by atoms with Gasteiger partial charge in [-0.05, 0) is 53.4 Å². The van der Waals surface area contributed by atoms with Crippen LogP contribution in [0, 0.1) is 6.92 Å². The normalized spacial score (nSPS) is 11.3. The standard InChI is InChI=1S/C31H23N/c1-22-11-13-23(14-12-22)24-15-17-25(18-16-24)26-19-20-29-28-9-5-6-10-30(28)32(31(29)21-26)27-7-3-2-4-8-27/h2-21H,1H3. The molecule has 1 heterocycles. The first-order chi connectivity index (χ1) is 15.8. The van der Waals surface area contributed by atoms with E-state index >= 15 is 0 Å². The molecule has 0 atom stereocenters. The average Bonchev–Trinajstić information content (AvgIpc) is 3.19. The van der Waals surface area contributed by atoms with Gasteiger partial charge in [-0.1, -0.05) is 103 Å². The third-order valence-electron chi connectivity index (χ3n) is 6.29. The van der Waals surface area contributed by atoms with E-state index in [-0.39, 0.29) is 0 Å². The number of benzene rings is 5. The molecule has 5 aromatic carbocycles. The summed E-state index contributed by atoms with van der Waals surface area (Å²) in [5, 5.41) is 2.57. The van der Waals surface area contributed by atoms with Crippen LogP contribution in [-0.4, -0.2) is 4.57 Å². The summed E-state index contributed by atoms with van der Waals surface area (Å²) < 4.78 is 2.37. The predicted molar refractivity (Wildman–Crippen MR) is 136 cm³/mol. The van der Waals surface area contributed by atoms with Crippen molar-refractivity contribution < 1.29 is 0 Å². The highest BCUT2D eigenvalue weighted by Gasteiger charge is 2.13. The fourth-order valence-electron chi connectivity index (χ4n) is 4.61. The van der Waals surface area contributed by atoms with Gasteiger partial charge < -0.3 is 4.57 Å². The van der Waals surface area contributed by atoms with E-state index in [2.05, 4.69) is 133 Å². The molecule has 0 saturated carbocycles. The smallest absolute Gasteiger partial charge is 0.0547 e. The molecule has 0 radical (unpaired) electrons. The molecule has 6 aromatic rings. The minimum Gasteiger partial charge on any atom is -0.309 e. The molecular formula is C31H23N. The van der Waals surface area contributed by atoms with Crippen LogP contribution in [0.5, 0.6) is 0 Å². The Morgan fingerprint density at radius 2 is 0.969 bits per heavy atom. The van der Waals surface area contributed by atoms with Crippen molar-refractivity contribution in [3.63, 3.8) is 0 Å². The lowest BCUT2D eigenvalue weighted by Gasteiger charge is -2.09. The molecule has 0 aliphatic heterocycles. The molecule has 1 nitrogen and oxygen atoms in total. The first-order valence-corrected chi connectivity index (χ1v) is 11.0. The molecule has 1 aromatic heterocycles. The molecule has 0 aliphatic carbocycles. The van der Waals surface area contributed by atoms with Gasteiger partial charge in [0.1, 0.15) is 0 Å². The van der Waals surface area contributed by atoms with Gasteiger partial charge in [0.05, 0.1) is 11.0 Å². The Morgan fingerprint density at radius 3 is 1.69 bits per heavy atom. The fourth-order valence-corrected chi connectivity index (χ4v) is 4.61. The summed E-state index contributed by atoms with van der Waals surface area (Å²) in [5.74, 6) is 0. The maximum Gasteiger partial charge on any atom is 0.0547 e. The predicted octanol–water partition coefficient (Wildman–Crippen LogP) is 8.43. The van der Waals surface area contributed by atoms with Gasteiger partial charge in [-0.3, -0.25) is 0 Å². The van der Waals surface area contributed by atoms with Crippen LogP contribution < -0.4 is 0 Å². The molecule has 0 unspecified atom stereocenters. The van der Waals surface area contributed by atoms with E-state index in [0.717, 1.165) is 0 Å². The van der Waals surface area contributed by atoms with Crippen LogP contribution in [0.25, 0.3) is 49.7 Å². The second-order valence-corrected chi connectivity index (χ2v) is 8.36. The molecule has 0 fully saturated rings. The van der Waals surface area contributed by atoms with Crippen LogP contribution in [-0.2, 0) is 0 Å². The van der Waals surface area contributed by atoms with E-state index in [9.17, 15) is 0 Å². The Labute approximate surface area is 188 Å². The van der Waals surface area contributed by atoms with E-state index in [4.69, 9.17) is 0 Å². The molecule has 0 spiro atoms. The van der Waals surface area contributed by atoms with Crippen molar-refractivity contribution >= 4 is 21.8 Å². The van der Waals surface area contributed by atoms with Crippen LogP contribution in [0.3, 0.4) is 0 Å². The number of fused-ring (bicyclic) bond motifs is 3. The molecule has 0 bridgehead atoms. The summed E-state index contributed by atoms with van der Waals surface area (Å²) in [4.78, 5) is 0. The number of nitrogens with zero attached hydrogens (tertiary/aromatic N) is 1. The Balaban J connectivity index is 1.50. The molecule has 6 rings (SSSR count). The molecule has 152 valence electrons. The van der Waals surface area contributed by atoms with Gasteiger partial charge >= 0.3 is 0 Å². The Kier molecular flexibility index (Phi) is 4.40. The second-order valence-electron chi connectivity index (χ2n) is 8.36. The summed E-state index contributed by atoms with van der Waals surface area (Å²) in [6.07, 6.45) is 0. The Bertz CT molecular complexity index is 1540. The minimum atomic E-state index is 1.19. The third-order valence-corrected chi connectivity index (χ3v) is 6.29. The van der Waals surface area contributed by atoms with Gasteiger partial charge in [-0.25, -0.2) is 0 Å². The zero-order valence-corrected chi connectivity index (χ0v) is 18.0. The zero-order chi connectivity index (χ0) is 21.5. The van der Waals surface area contributed by atoms with Crippen molar-refractivity contribution in [3.8, 4) is 27.9 Å². The summed E-state index contributed by atoms with van der Waals surface area (Å²) >= 11 is 0. The molecule has 0 amide bonds. The summed E-state index contributed by atoms with van der Waals surface area (Å²) in [7, 11) is 0. The number of hydrogen-bond acceptors (Lipinski definition) is 0. The van der Waals surface area contributed by atoms with Crippen molar-refractivity contribution in [1.82, 2.24) is 4.57 Å². The number of aryl methyl sites for hydroxylation is 1. The maximum atomic E-state index is 2.37. The number of rotatable bonds is 3. The first-order valence-electron chi connectivity index (χ1n) is 11.0. The molecule has 1 heteroatoms. The highest BCUT2D eigenvalue weighted by molar-refractivity contribution is 6.10. The van der Waals surface area contributed by atoms with Gasteiger partial charge in [-0.15, -0.1) is 0 Å². The van der Waals surface area contributed by atoms with Gasteiger partial charge in [-0.2, -0.15) is 0 Å². The van der Waals surface area contributed by atoms with Crippen molar-refractivity contribution in [2.45, 2.75) is 6.92 Å². The molecular weight excluding hydrogens is 386 g/mol. The summed E-state index contributed by atoms with van der Waals surface area (Å²) in [6, 6.07) is 43.7. The topological polar surface area (TPSA) is 4.93 Å². The lowest BCUT2D eigenvalue weighted by Crippen LogP contribution is -1.93. The third kappa shape index (κ3) is 3.11. The largest absolute Gasteiger partial charge is 0.309 e. The lowest BCUT2D eigenvalue weighted by atomic mass is 9.99. The van der Waals surface area contributed by atoms with Gasteiger partial charge in [0, 0.05) is 16.5 Å². The molecule has 0 N–H and O–H groups in total. The quantitative estimate of drug-likeness (QED) is 0.276. The molecule has 32 heavy (non-hydrogen) atoms. The van der Waals surface area contributed by atoms with Gasteiger partial charge in [0.15, 0.2) is 0 Å². The van der Waals surface area contributed by atoms with E-state index in [1.807, 2.05) is 0 Å². The van der Waals surface area contributed by atoms with Crippen LogP contribution in [0.1, 0.15) is 5.56 Å². The SMILES string of the molecule is Cc1ccc(-c2ccc(-c3ccc4c5ccccc5n(-c5ccccc5)c4c3)cc2)cc1. The van der Waals surface area contributed by atoms with Crippen molar-refractivity contribution in [3.05, 3.63) is 127 Å². The van der Waals surface area contributed by atoms with Crippen LogP contribution in [0.4, 0.5) is 0 Å². The van der Waals surface area contributed by atoms with E-state index in [1.54, 1.807) is 0 Å². The highest BCUT2D eigenvalue weighted by Crippen LogP contribution is 2.35. The molecule has 0 aliphatic rings. The number of hydrogen-bond donors (Lipinski definition) is 0. The Hall–Kier alpha value is -4.10. The fraction of sp³-hybridized carbons (Fsp3) is 0.0323. The minimum absolute atomic E-state index is 1.19. The van der Waals surface area contributed by atoms with Gasteiger partial charge in [0.2, 0.25) is 0 Å². The summed E-state index contributed by atoms with van der Waals surface area (Å²) in [5.41, 5.74) is 9.90. The van der Waals surface area contributed by atoms with E-state index < -0.39 is 0 Å². The van der Waals surface area contributed by atoms with E-state index in [0.29, 0.717) is 0 Å². The van der Waals surface area contributed by atoms with Crippen LogP contribution in [0.2, 0.25) is 0 Å². The summed E-state index contributed by atoms with van der Waals surface area (Å²) in [6.45, 7) is 2.12. The van der Waals surface area contributed by atoms with Gasteiger partial charge in [0.25, 0.3) is 0 Å². The average molecular weight is 410 g/mol. The zero-order valence-electron chi connectivity index (χ0n) is 18.0. The van der Waals surface area contributed by atoms with Crippen LogP contribution >= 0.6 is 0 Å².